The minimum atomic E-state index is -0.00740. The summed E-state index contributed by atoms with van der Waals surface area (Å²) in [5.74, 6) is 1.36. The Hall–Kier alpha value is -0.610. The molecule has 0 radical (unpaired) electrons. The molecule has 3 aliphatic rings. The van der Waals surface area contributed by atoms with Crippen LogP contribution in [0.2, 0.25) is 0 Å². The Labute approximate surface area is 122 Å². The van der Waals surface area contributed by atoms with E-state index in [0.717, 1.165) is 25.9 Å². The Bertz CT molecular complexity index is 367. The maximum absolute atomic E-state index is 12.8. The van der Waals surface area contributed by atoms with Crippen molar-refractivity contribution in [3.63, 3.8) is 0 Å². The maximum Gasteiger partial charge on any atom is 0.241 e. The molecule has 2 saturated heterocycles. The topological polar surface area (TPSA) is 41.6 Å². The van der Waals surface area contributed by atoms with Crippen molar-refractivity contribution in [2.24, 2.45) is 11.8 Å². The number of carbonyl (C=O) groups is 1. The number of rotatable bonds is 5. The molecule has 1 aliphatic carbocycles. The maximum atomic E-state index is 12.8. The van der Waals surface area contributed by atoms with Crippen LogP contribution in [0, 0.1) is 11.8 Å². The Morgan fingerprint density at radius 2 is 2.10 bits per heavy atom. The summed E-state index contributed by atoms with van der Waals surface area (Å²) in [5, 5.41) is 3.57. The summed E-state index contributed by atoms with van der Waals surface area (Å²) >= 11 is 0. The number of carbonyl (C=O) groups excluding carboxylic acids is 1. The van der Waals surface area contributed by atoms with Crippen molar-refractivity contribution in [1.29, 1.82) is 0 Å². The Balaban J connectivity index is 1.78. The van der Waals surface area contributed by atoms with Crippen molar-refractivity contribution in [1.82, 2.24) is 10.2 Å². The van der Waals surface area contributed by atoms with Gasteiger partial charge < -0.3 is 9.64 Å². The van der Waals surface area contributed by atoms with Crippen molar-refractivity contribution in [3.05, 3.63) is 0 Å². The van der Waals surface area contributed by atoms with Crippen molar-refractivity contribution in [3.8, 4) is 0 Å². The molecule has 20 heavy (non-hydrogen) atoms. The second-order valence-corrected chi connectivity index (χ2v) is 6.97. The van der Waals surface area contributed by atoms with E-state index in [1.807, 2.05) is 0 Å². The second-order valence-electron chi connectivity index (χ2n) is 6.97. The lowest BCUT2D eigenvalue weighted by Gasteiger charge is -2.33. The standard InChI is InChI=1S/C16H28N2O2/c1-4-5-13-17-14(10(2)3)16(19)18(13)12-8-9-20-15(12)11-6-7-11/h10-15,17H,4-9H2,1-3H3. The molecule has 1 amide bonds. The molecule has 3 fully saturated rings. The fourth-order valence-electron chi connectivity index (χ4n) is 3.81. The Morgan fingerprint density at radius 3 is 2.70 bits per heavy atom. The lowest BCUT2D eigenvalue weighted by Crippen LogP contribution is -2.48. The van der Waals surface area contributed by atoms with Gasteiger partial charge in [0.05, 0.1) is 24.4 Å². The monoisotopic (exact) mass is 280 g/mol. The zero-order valence-corrected chi connectivity index (χ0v) is 13.0. The van der Waals surface area contributed by atoms with Crippen LogP contribution >= 0.6 is 0 Å². The lowest BCUT2D eigenvalue weighted by molar-refractivity contribution is -0.134. The fourth-order valence-corrected chi connectivity index (χ4v) is 3.81. The van der Waals surface area contributed by atoms with Crippen molar-refractivity contribution < 1.29 is 9.53 Å². The smallest absolute Gasteiger partial charge is 0.241 e. The van der Waals surface area contributed by atoms with E-state index in [1.165, 1.54) is 12.8 Å². The molecule has 1 saturated carbocycles. The van der Waals surface area contributed by atoms with Gasteiger partial charge in [0.1, 0.15) is 0 Å². The Kier molecular flexibility index (Phi) is 4.04. The number of hydrogen-bond donors (Lipinski definition) is 1. The van der Waals surface area contributed by atoms with Crippen molar-refractivity contribution >= 4 is 5.91 Å². The highest BCUT2D eigenvalue weighted by Crippen LogP contribution is 2.41. The molecule has 4 nitrogen and oxygen atoms in total. The quantitative estimate of drug-likeness (QED) is 0.839. The van der Waals surface area contributed by atoms with E-state index in [-0.39, 0.29) is 12.2 Å². The van der Waals surface area contributed by atoms with Crippen molar-refractivity contribution in [2.45, 2.75) is 77.2 Å². The third-order valence-corrected chi connectivity index (χ3v) is 5.00. The summed E-state index contributed by atoms with van der Waals surface area (Å²) in [6, 6.07) is 0.301. The van der Waals surface area contributed by atoms with Gasteiger partial charge in [0, 0.05) is 6.61 Å². The minimum Gasteiger partial charge on any atom is -0.376 e. The van der Waals surface area contributed by atoms with Gasteiger partial charge in [-0.25, -0.2) is 0 Å². The molecule has 114 valence electrons. The molecule has 0 bridgehead atoms. The second kappa shape index (κ2) is 5.64. The summed E-state index contributed by atoms with van der Waals surface area (Å²) in [6.45, 7) is 7.27. The number of ether oxygens (including phenoxy) is 1. The average molecular weight is 280 g/mol. The van der Waals surface area contributed by atoms with Gasteiger partial charge in [-0.2, -0.15) is 0 Å². The molecule has 1 N–H and O–H groups in total. The predicted octanol–water partition coefficient (Wildman–Crippen LogP) is 2.14. The summed E-state index contributed by atoms with van der Waals surface area (Å²) < 4.78 is 5.95. The zero-order chi connectivity index (χ0) is 14.3. The van der Waals surface area contributed by atoms with Crippen LogP contribution in [0.25, 0.3) is 0 Å². The average Bonchev–Trinajstić information content (AvgIpc) is 3.05. The third-order valence-electron chi connectivity index (χ3n) is 5.00. The molecule has 0 aromatic carbocycles. The van der Waals surface area contributed by atoms with Crippen LogP contribution < -0.4 is 5.32 Å². The van der Waals surface area contributed by atoms with Gasteiger partial charge in [0.15, 0.2) is 0 Å². The first-order valence-corrected chi connectivity index (χ1v) is 8.33. The van der Waals surface area contributed by atoms with E-state index < -0.39 is 0 Å². The molecular formula is C16H28N2O2. The van der Waals surface area contributed by atoms with Gasteiger partial charge in [0.2, 0.25) is 5.91 Å². The SMILES string of the molecule is CCCC1NC(C(C)C)C(=O)N1C1CCOC1C1CC1. The molecule has 0 spiro atoms. The van der Waals surface area contributed by atoms with Gasteiger partial charge in [-0.3, -0.25) is 10.1 Å². The van der Waals surface area contributed by atoms with E-state index in [9.17, 15) is 4.79 Å². The van der Waals surface area contributed by atoms with Crippen LogP contribution in [0.1, 0.15) is 52.9 Å². The van der Waals surface area contributed by atoms with Crippen LogP contribution in [-0.2, 0) is 9.53 Å². The van der Waals surface area contributed by atoms with E-state index in [2.05, 4.69) is 31.0 Å². The van der Waals surface area contributed by atoms with Gasteiger partial charge in [0.25, 0.3) is 0 Å². The largest absolute Gasteiger partial charge is 0.376 e. The summed E-state index contributed by atoms with van der Waals surface area (Å²) in [4.78, 5) is 15.0. The van der Waals surface area contributed by atoms with Gasteiger partial charge >= 0.3 is 0 Å². The van der Waals surface area contributed by atoms with Gasteiger partial charge in [-0.15, -0.1) is 0 Å². The predicted molar refractivity (Wildman–Crippen MR) is 78.2 cm³/mol. The highest BCUT2D eigenvalue weighted by Gasteiger charge is 2.50. The lowest BCUT2D eigenvalue weighted by atomic mass is 10.0. The third kappa shape index (κ3) is 2.48. The Morgan fingerprint density at radius 1 is 1.35 bits per heavy atom. The number of hydrogen-bond acceptors (Lipinski definition) is 3. The first-order chi connectivity index (χ1) is 9.63. The molecule has 2 aliphatic heterocycles. The molecular weight excluding hydrogens is 252 g/mol. The van der Waals surface area contributed by atoms with Crippen LogP contribution in [0.3, 0.4) is 0 Å². The molecule has 0 aromatic heterocycles. The van der Waals surface area contributed by atoms with E-state index in [4.69, 9.17) is 4.74 Å². The first-order valence-electron chi connectivity index (χ1n) is 8.33. The van der Waals surface area contributed by atoms with Crippen LogP contribution in [0.5, 0.6) is 0 Å². The van der Waals surface area contributed by atoms with E-state index in [0.29, 0.717) is 29.9 Å². The first kappa shape index (κ1) is 14.3. The molecule has 2 heterocycles. The zero-order valence-electron chi connectivity index (χ0n) is 13.0. The van der Waals surface area contributed by atoms with Gasteiger partial charge in [-0.05, 0) is 37.5 Å². The summed E-state index contributed by atoms with van der Waals surface area (Å²) in [7, 11) is 0. The van der Waals surface area contributed by atoms with Crippen LogP contribution in [0.15, 0.2) is 0 Å². The number of amides is 1. The van der Waals surface area contributed by atoms with E-state index in [1.54, 1.807) is 0 Å². The number of nitrogens with one attached hydrogen (secondary N) is 1. The summed E-state index contributed by atoms with van der Waals surface area (Å²) in [5.41, 5.74) is 0. The molecule has 4 atom stereocenters. The molecule has 4 heteroatoms. The van der Waals surface area contributed by atoms with Gasteiger partial charge in [-0.1, -0.05) is 27.2 Å². The van der Waals surface area contributed by atoms with Crippen molar-refractivity contribution in [2.75, 3.05) is 6.61 Å². The highest BCUT2D eigenvalue weighted by molar-refractivity contribution is 5.85. The molecule has 3 rings (SSSR count). The highest BCUT2D eigenvalue weighted by atomic mass is 16.5. The summed E-state index contributed by atoms with van der Waals surface area (Å²) in [6.07, 6.45) is 6.24. The number of nitrogens with zero attached hydrogens (tertiary/aromatic N) is 1. The van der Waals surface area contributed by atoms with Crippen LogP contribution in [-0.4, -0.2) is 41.8 Å². The fraction of sp³-hybridized carbons (Fsp3) is 0.938. The molecule has 4 unspecified atom stereocenters. The van der Waals surface area contributed by atoms with E-state index >= 15 is 0 Å². The normalized spacial score (nSPS) is 38.2. The minimum absolute atomic E-state index is 0.00740. The molecule has 0 aromatic rings. The van der Waals surface area contributed by atoms with Crippen LogP contribution in [0.4, 0.5) is 0 Å².